The minimum Gasteiger partial charge on any atom is -0.492 e. The normalized spacial score (nSPS) is 23.6. The van der Waals surface area contributed by atoms with Crippen LogP contribution in [-0.4, -0.2) is 31.0 Å². The molecule has 0 spiro atoms. The molecular weight excluding hydrogens is 244 g/mol. The number of aliphatic hydroxyl groups excluding tert-OH is 1. The van der Waals surface area contributed by atoms with E-state index in [0.29, 0.717) is 6.42 Å². The van der Waals surface area contributed by atoms with Gasteiger partial charge in [-0.15, -0.1) is 0 Å². The Morgan fingerprint density at radius 3 is 2.37 bits per heavy atom. The van der Waals surface area contributed by atoms with Gasteiger partial charge in [-0.3, -0.25) is 0 Å². The highest BCUT2D eigenvalue weighted by Crippen LogP contribution is 2.51. The van der Waals surface area contributed by atoms with Gasteiger partial charge in [-0.1, -0.05) is 0 Å². The van der Waals surface area contributed by atoms with Crippen LogP contribution < -0.4 is 14.2 Å². The number of hydrogen-bond donors (Lipinski definition) is 1. The number of rotatable bonds is 3. The van der Waals surface area contributed by atoms with Gasteiger partial charge in [0.1, 0.15) is 18.0 Å². The lowest BCUT2D eigenvalue weighted by Gasteiger charge is -2.16. The topological polar surface area (TPSA) is 47.9 Å². The lowest BCUT2D eigenvalue weighted by molar-refractivity contribution is 0.242. The lowest BCUT2D eigenvalue weighted by Crippen LogP contribution is -2.08. The van der Waals surface area contributed by atoms with E-state index in [1.165, 1.54) is 0 Å². The van der Waals surface area contributed by atoms with Gasteiger partial charge in [0.25, 0.3) is 0 Å². The molecule has 0 bridgehead atoms. The van der Waals surface area contributed by atoms with Gasteiger partial charge in [0.15, 0.2) is 11.5 Å². The molecule has 2 heterocycles. The number of hydrogen-bond acceptors (Lipinski definition) is 4. The molecule has 0 amide bonds. The molecule has 2 atom stereocenters. The molecule has 1 aromatic rings. The zero-order chi connectivity index (χ0) is 13.6. The van der Waals surface area contributed by atoms with Crippen molar-refractivity contribution in [3.63, 3.8) is 0 Å². The van der Waals surface area contributed by atoms with E-state index in [-0.39, 0.29) is 18.8 Å². The molecule has 4 nitrogen and oxygen atoms in total. The fourth-order valence-corrected chi connectivity index (χ4v) is 3.15. The highest BCUT2D eigenvalue weighted by Gasteiger charge is 2.35. The fraction of sp³-hybridized carbons (Fsp3) is 0.600. The quantitative estimate of drug-likeness (QED) is 0.905. The summed E-state index contributed by atoms with van der Waals surface area (Å²) in [6, 6.07) is 0. The highest BCUT2D eigenvalue weighted by molar-refractivity contribution is 5.66. The van der Waals surface area contributed by atoms with Crippen molar-refractivity contribution < 1.29 is 19.3 Å². The maximum Gasteiger partial charge on any atom is 0.168 e. The Hall–Kier alpha value is -1.42. The Morgan fingerprint density at radius 1 is 1.11 bits per heavy atom. The van der Waals surface area contributed by atoms with Crippen LogP contribution in [0.4, 0.5) is 0 Å². The van der Waals surface area contributed by atoms with Crippen molar-refractivity contribution in [3.8, 4) is 17.2 Å². The van der Waals surface area contributed by atoms with Gasteiger partial charge in [-0.25, -0.2) is 0 Å². The van der Waals surface area contributed by atoms with Crippen molar-refractivity contribution >= 4 is 0 Å². The summed E-state index contributed by atoms with van der Waals surface area (Å²) < 4.78 is 17.4. The number of benzene rings is 1. The molecule has 1 N–H and O–H groups in total. The van der Waals surface area contributed by atoms with Gasteiger partial charge in [0, 0.05) is 36.1 Å². The summed E-state index contributed by atoms with van der Waals surface area (Å²) in [6.45, 7) is 4.23. The SMILES string of the molecule is COc1c2c(c(CCO)c3c1OC(C)C3)OC(C)C2. The summed E-state index contributed by atoms with van der Waals surface area (Å²) in [5.74, 6) is 2.59. The van der Waals surface area contributed by atoms with Gasteiger partial charge in [-0.2, -0.15) is 0 Å². The van der Waals surface area contributed by atoms with Gasteiger partial charge in [0.2, 0.25) is 0 Å². The zero-order valence-corrected chi connectivity index (χ0v) is 11.7. The molecule has 2 aliphatic heterocycles. The molecular formula is C15H20O4. The molecule has 0 saturated carbocycles. The lowest BCUT2D eigenvalue weighted by atomic mass is 9.95. The van der Waals surface area contributed by atoms with E-state index in [4.69, 9.17) is 14.2 Å². The van der Waals surface area contributed by atoms with Crippen molar-refractivity contribution in [2.75, 3.05) is 13.7 Å². The van der Waals surface area contributed by atoms with E-state index in [2.05, 4.69) is 13.8 Å². The van der Waals surface area contributed by atoms with Gasteiger partial charge in [0.05, 0.1) is 7.11 Å². The molecule has 1 aromatic carbocycles. The number of ether oxygens (including phenoxy) is 3. The first-order valence-electron chi connectivity index (χ1n) is 6.84. The molecule has 0 aromatic heterocycles. The zero-order valence-electron chi connectivity index (χ0n) is 11.7. The van der Waals surface area contributed by atoms with E-state index < -0.39 is 0 Å². The van der Waals surface area contributed by atoms with Crippen molar-refractivity contribution in [1.29, 1.82) is 0 Å². The van der Waals surface area contributed by atoms with E-state index in [1.807, 2.05) is 0 Å². The van der Waals surface area contributed by atoms with E-state index in [9.17, 15) is 5.11 Å². The Morgan fingerprint density at radius 2 is 1.74 bits per heavy atom. The van der Waals surface area contributed by atoms with E-state index >= 15 is 0 Å². The van der Waals surface area contributed by atoms with Crippen LogP contribution in [0.3, 0.4) is 0 Å². The summed E-state index contributed by atoms with van der Waals surface area (Å²) in [6.07, 6.45) is 2.61. The first-order chi connectivity index (χ1) is 9.15. The molecule has 3 rings (SSSR count). The maximum absolute atomic E-state index is 9.31. The second kappa shape index (κ2) is 4.60. The largest absolute Gasteiger partial charge is 0.492 e. The molecule has 2 aliphatic rings. The van der Waals surface area contributed by atoms with Crippen LogP contribution in [0.25, 0.3) is 0 Å². The third-order valence-corrected chi connectivity index (χ3v) is 3.85. The van der Waals surface area contributed by atoms with Crippen molar-refractivity contribution in [1.82, 2.24) is 0 Å². The highest BCUT2D eigenvalue weighted by atomic mass is 16.5. The van der Waals surface area contributed by atoms with Crippen LogP contribution in [0.15, 0.2) is 0 Å². The minimum absolute atomic E-state index is 0.122. The summed E-state index contributed by atoms with van der Waals surface area (Å²) >= 11 is 0. The summed E-state index contributed by atoms with van der Waals surface area (Å²) in [7, 11) is 1.68. The predicted octanol–water partition coefficient (Wildman–Crippen LogP) is 1.88. The average Bonchev–Trinajstić information content (AvgIpc) is 2.92. The first-order valence-corrected chi connectivity index (χ1v) is 6.84. The Labute approximate surface area is 113 Å². The maximum atomic E-state index is 9.31. The molecule has 4 heteroatoms. The van der Waals surface area contributed by atoms with Crippen molar-refractivity contribution in [2.45, 2.75) is 45.3 Å². The van der Waals surface area contributed by atoms with E-state index in [1.54, 1.807) is 7.11 Å². The van der Waals surface area contributed by atoms with Gasteiger partial charge >= 0.3 is 0 Å². The van der Waals surface area contributed by atoms with Crippen LogP contribution in [0.1, 0.15) is 30.5 Å². The van der Waals surface area contributed by atoms with Crippen LogP contribution in [-0.2, 0) is 19.3 Å². The monoisotopic (exact) mass is 264 g/mol. The van der Waals surface area contributed by atoms with Crippen LogP contribution in [0, 0.1) is 0 Å². The van der Waals surface area contributed by atoms with Gasteiger partial charge < -0.3 is 19.3 Å². The van der Waals surface area contributed by atoms with Crippen LogP contribution in [0.2, 0.25) is 0 Å². The van der Waals surface area contributed by atoms with Crippen LogP contribution in [0.5, 0.6) is 17.2 Å². The fourth-order valence-electron chi connectivity index (χ4n) is 3.15. The molecule has 0 fully saturated rings. The molecule has 0 radical (unpaired) electrons. The standard InChI is InChI=1S/C15H20O4/c1-8-6-11-10(4-5-16)13-12(7-9(2)18-13)14(17-3)15(11)19-8/h8-9,16H,4-7H2,1-3H3. The summed E-state index contributed by atoms with van der Waals surface area (Å²) in [5, 5.41) is 9.31. The summed E-state index contributed by atoms with van der Waals surface area (Å²) in [4.78, 5) is 0. The molecule has 0 saturated heterocycles. The van der Waals surface area contributed by atoms with E-state index in [0.717, 1.165) is 46.8 Å². The minimum atomic E-state index is 0.122. The van der Waals surface area contributed by atoms with Crippen molar-refractivity contribution in [2.24, 2.45) is 0 Å². The third-order valence-electron chi connectivity index (χ3n) is 3.85. The number of aliphatic hydroxyl groups is 1. The molecule has 0 aliphatic carbocycles. The van der Waals surface area contributed by atoms with Crippen molar-refractivity contribution in [3.05, 3.63) is 16.7 Å². The number of methoxy groups -OCH3 is 1. The van der Waals surface area contributed by atoms with Crippen LogP contribution >= 0.6 is 0 Å². The molecule has 104 valence electrons. The average molecular weight is 264 g/mol. The van der Waals surface area contributed by atoms with Gasteiger partial charge in [-0.05, 0) is 20.3 Å². The Bertz CT molecular complexity index is 470. The summed E-state index contributed by atoms with van der Waals surface area (Å²) in [5.41, 5.74) is 3.33. The Balaban J connectivity index is 2.21. The third kappa shape index (κ3) is 1.86. The Kier molecular flexibility index (Phi) is 3.05. The molecule has 2 unspecified atom stereocenters. The predicted molar refractivity (Wildman–Crippen MR) is 71.4 cm³/mol. The first kappa shape index (κ1) is 12.6. The smallest absolute Gasteiger partial charge is 0.168 e. The second-order valence-corrected chi connectivity index (χ2v) is 5.37. The number of fused-ring (bicyclic) bond motifs is 2. The second-order valence-electron chi connectivity index (χ2n) is 5.37. The molecule has 19 heavy (non-hydrogen) atoms.